The van der Waals surface area contributed by atoms with Crippen LogP contribution in [-0.2, 0) is 0 Å². The molecule has 0 radical (unpaired) electrons. The van der Waals surface area contributed by atoms with Crippen LogP contribution in [-0.4, -0.2) is 11.6 Å². The minimum atomic E-state index is -0.184. The number of hydrazone groups is 1. The Labute approximate surface area is 125 Å². The normalized spacial score (nSPS) is 11.3. The van der Waals surface area contributed by atoms with Crippen molar-refractivity contribution >= 4 is 11.6 Å². The van der Waals surface area contributed by atoms with Gasteiger partial charge in [-0.3, -0.25) is 4.79 Å². The third-order valence-corrected chi connectivity index (χ3v) is 3.29. The molecule has 3 heteroatoms. The molecule has 2 rings (SSSR count). The number of aryl methyl sites for hydroxylation is 2. The summed E-state index contributed by atoms with van der Waals surface area (Å²) in [6.07, 6.45) is 0.761. The lowest BCUT2D eigenvalue weighted by molar-refractivity contribution is 0.0954. The Balaban J connectivity index is 2.14. The Hall–Kier alpha value is -2.42. The van der Waals surface area contributed by atoms with E-state index < -0.39 is 0 Å². The lowest BCUT2D eigenvalue weighted by atomic mass is 10.1. The molecular weight excluding hydrogens is 260 g/mol. The number of amides is 1. The second-order valence-corrected chi connectivity index (χ2v) is 5.09. The van der Waals surface area contributed by atoms with Crippen LogP contribution < -0.4 is 5.43 Å². The van der Waals surface area contributed by atoms with Gasteiger partial charge in [-0.15, -0.1) is 0 Å². The Kier molecular flexibility index (Phi) is 4.88. The molecule has 0 aliphatic carbocycles. The van der Waals surface area contributed by atoms with E-state index in [1.165, 1.54) is 5.56 Å². The molecule has 0 unspecified atom stereocenters. The van der Waals surface area contributed by atoms with E-state index in [2.05, 4.69) is 10.5 Å². The number of hydrogen-bond acceptors (Lipinski definition) is 2. The number of hydrogen-bond donors (Lipinski definition) is 1. The molecule has 0 heterocycles. The molecule has 1 N–H and O–H groups in total. The van der Waals surface area contributed by atoms with Crippen LogP contribution in [0.3, 0.4) is 0 Å². The highest BCUT2D eigenvalue weighted by Gasteiger charge is 2.06. The van der Waals surface area contributed by atoms with E-state index in [-0.39, 0.29) is 5.91 Å². The van der Waals surface area contributed by atoms with Crippen molar-refractivity contribution in [1.82, 2.24) is 5.43 Å². The number of carbonyl (C=O) groups is 1. The summed E-state index contributed by atoms with van der Waals surface area (Å²) < 4.78 is 0. The number of nitrogens with one attached hydrogen (secondary N) is 1. The molecule has 0 bridgehead atoms. The fourth-order valence-corrected chi connectivity index (χ4v) is 2.06. The lowest BCUT2D eigenvalue weighted by Gasteiger charge is -2.06. The zero-order chi connectivity index (χ0) is 15.2. The van der Waals surface area contributed by atoms with Gasteiger partial charge in [0.1, 0.15) is 0 Å². The summed E-state index contributed by atoms with van der Waals surface area (Å²) in [4.78, 5) is 12.1. The molecule has 108 valence electrons. The van der Waals surface area contributed by atoms with Gasteiger partial charge in [0.2, 0.25) is 0 Å². The second kappa shape index (κ2) is 6.84. The molecule has 2 aromatic carbocycles. The quantitative estimate of drug-likeness (QED) is 0.671. The van der Waals surface area contributed by atoms with Crippen LogP contribution in [0.2, 0.25) is 0 Å². The van der Waals surface area contributed by atoms with Crippen molar-refractivity contribution in [3.05, 3.63) is 70.8 Å². The van der Waals surface area contributed by atoms with Crippen molar-refractivity contribution in [3.63, 3.8) is 0 Å². The third-order valence-electron chi connectivity index (χ3n) is 3.29. The minimum absolute atomic E-state index is 0.184. The standard InChI is InChI=1S/C18H20N2O/c1-4-17(15-10-8-13(2)9-11-15)19-20-18(21)16-7-5-6-14(3)12-16/h5-12H,4H2,1-3H3,(H,20,21)/b19-17+. The summed E-state index contributed by atoms with van der Waals surface area (Å²) >= 11 is 0. The van der Waals surface area contributed by atoms with Crippen molar-refractivity contribution in [2.75, 3.05) is 0 Å². The average Bonchev–Trinajstić information content (AvgIpc) is 2.49. The van der Waals surface area contributed by atoms with Gasteiger partial charge in [0.15, 0.2) is 0 Å². The zero-order valence-electron chi connectivity index (χ0n) is 12.7. The summed E-state index contributed by atoms with van der Waals surface area (Å²) in [6, 6.07) is 15.6. The first-order valence-electron chi connectivity index (χ1n) is 7.10. The first-order chi connectivity index (χ1) is 10.1. The first kappa shape index (κ1) is 15.0. The van der Waals surface area contributed by atoms with E-state index in [9.17, 15) is 4.79 Å². The molecule has 0 saturated carbocycles. The van der Waals surface area contributed by atoms with Crippen LogP contribution in [0.15, 0.2) is 53.6 Å². The summed E-state index contributed by atoms with van der Waals surface area (Å²) in [5.41, 5.74) is 7.43. The van der Waals surface area contributed by atoms with Crippen molar-refractivity contribution < 1.29 is 4.79 Å². The number of nitrogens with zero attached hydrogens (tertiary/aromatic N) is 1. The maximum Gasteiger partial charge on any atom is 0.271 e. The minimum Gasteiger partial charge on any atom is -0.267 e. The highest BCUT2D eigenvalue weighted by atomic mass is 16.2. The van der Waals surface area contributed by atoms with Crippen LogP contribution in [0.25, 0.3) is 0 Å². The maximum absolute atomic E-state index is 12.1. The summed E-state index contributed by atoms with van der Waals surface area (Å²) in [5.74, 6) is -0.184. The van der Waals surface area contributed by atoms with Gasteiger partial charge in [0.05, 0.1) is 5.71 Å². The molecule has 0 aliphatic rings. The Bertz CT molecular complexity index is 657. The second-order valence-electron chi connectivity index (χ2n) is 5.09. The van der Waals surface area contributed by atoms with Gasteiger partial charge in [-0.2, -0.15) is 5.10 Å². The SMILES string of the molecule is CC/C(=N\NC(=O)c1cccc(C)c1)c1ccc(C)cc1. The molecule has 21 heavy (non-hydrogen) atoms. The van der Waals surface area contributed by atoms with Crippen LogP contribution >= 0.6 is 0 Å². The van der Waals surface area contributed by atoms with Crippen molar-refractivity contribution in [3.8, 4) is 0 Å². The molecule has 1 amide bonds. The zero-order valence-corrected chi connectivity index (χ0v) is 12.7. The Morgan fingerprint density at radius 2 is 1.71 bits per heavy atom. The summed E-state index contributed by atoms with van der Waals surface area (Å²) in [6.45, 7) is 6.04. The molecular formula is C18H20N2O. The molecule has 3 nitrogen and oxygen atoms in total. The molecule has 0 spiro atoms. The highest BCUT2D eigenvalue weighted by Crippen LogP contribution is 2.08. The number of carbonyl (C=O) groups excluding carboxylic acids is 1. The third kappa shape index (κ3) is 4.02. The Morgan fingerprint density at radius 3 is 2.33 bits per heavy atom. The van der Waals surface area contributed by atoms with Gasteiger partial charge in [0.25, 0.3) is 5.91 Å². The van der Waals surface area contributed by atoms with Gasteiger partial charge < -0.3 is 0 Å². The van der Waals surface area contributed by atoms with Crippen molar-refractivity contribution in [2.24, 2.45) is 5.10 Å². The summed E-state index contributed by atoms with van der Waals surface area (Å²) in [7, 11) is 0. The predicted molar refractivity (Wildman–Crippen MR) is 86.7 cm³/mol. The van der Waals surface area contributed by atoms with Gasteiger partial charge in [0, 0.05) is 5.56 Å². The fraction of sp³-hybridized carbons (Fsp3) is 0.222. The van der Waals surface area contributed by atoms with E-state index in [1.807, 2.05) is 63.2 Å². The van der Waals surface area contributed by atoms with Crippen molar-refractivity contribution in [1.29, 1.82) is 0 Å². The fourth-order valence-electron chi connectivity index (χ4n) is 2.06. The van der Waals surface area contributed by atoms with E-state index >= 15 is 0 Å². The van der Waals surface area contributed by atoms with E-state index in [0.29, 0.717) is 5.56 Å². The monoisotopic (exact) mass is 280 g/mol. The predicted octanol–water partition coefficient (Wildman–Crippen LogP) is 3.85. The van der Waals surface area contributed by atoms with Gasteiger partial charge in [-0.1, -0.05) is 54.4 Å². The topological polar surface area (TPSA) is 41.5 Å². The molecule has 0 fully saturated rings. The van der Waals surface area contributed by atoms with E-state index in [4.69, 9.17) is 0 Å². The van der Waals surface area contributed by atoms with Gasteiger partial charge >= 0.3 is 0 Å². The summed E-state index contributed by atoms with van der Waals surface area (Å²) in [5, 5.41) is 4.27. The van der Waals surface area contributed by atoms with Crippen molar-refractivity contribution in [2.45, 2.75) is 27.2 Å². The molecule has 0 aromatic heterocycles. The van der Waals surface area contributed by atoms with Crippen LogP contribution in [0.1, 0.15) is 40.4 Å². The smallest absolute Gasteiger partial charge is 0.267 e. The number of benzene rings is 2. The highest BCUT2D eigenvalue weighted by molar-refractivity contribution is 6.02. The molecule has 0 aliphatic heterocycles. The molecule has 0 saturated heterocycles. The van der Waals surface area contributed by atoms with E-state index in [1.54, 1.807) is 6.07 Å². The molecule has 2 aromatic rings. The Morgan fingerprint density at radius 1 is 1.00 bits per heavy atom. The van der Waals surface area contributed by atoms with Gasteiger partial charge in [-0.25, -0.2) is 5.43 Å². The number of rotatable bonds is 4. The largest absolute Gasteiger partial charge is 0.271 e. The van der Waals surface area contributed by atoms with Crippen LogP contribution in [0.5, 0.6) is 0 Å². The maximum atomic E-state index is 12.1. The van der Waals surface area contributed by atoms with E-state index in [0.717, 1.165) is 23.3 Å². The van der Waals surface area contributed by atoms with Crippen LogP contribution in [0.4, 0.5) is 0 Å². The van der Waals surface area contributed by atoms with Gasteiger partial charge in [-0.05, 0) is 38.0 Å². The van der Waals surface area contributed by atoms with Crippen LogP contribution in [0, 0.1) is 13.8 Å². The lowest BCUT2D eigenvalue weighted by Crippen LogP contribution is -2.20. The average molecular weight is 280 g/mol. The molecule has 0 atom stereocenters. The first-order valence-corrected chi connectivity index (χ1v) is 7.10.